The molecule has 7 nitrogen and oxygen atoms in total. The van der Waals surface area contributed by atoms with Gasteiger partial charge in [0.15, 0.2) is 0 Å². The van der Waals surface area contributed by atoms with Crippen molar-refractivity contribution in [1.82, 2.24) is 10.2 Å². The van der Waals surface area contributed by atoms with E-state index in [0.717, 1.165) is 24.0 Å². The highest BCUT2D eigenvalue weighted by Crippen LogP contribution is 2.44. The third-order valence-corrected chi connectivity index (χ3v) is 7.92. The Morgan fingerprint density at radius 3 is 2.31 bits per heavy atom. The van der Waals surface area contributed by atoms with Gasteiger partial charge in [-0.05, 0) is 60.3 Å². The number of nitrogens with zero attached hydrogens (tertiary/aromatic N) is 1. The smallest absolute Gasteiger partial charge is 0.407 e. The normalized spacial score (nSPS) is 25.6. The van der Waals surface area contributed by atoms with Gasteiger partial charge in [-0.3, -0.25) is 4.79 Å². The highest BCUT2D eigenvalue weighted by atomic mass is 16.5. The molecular weight excluding hydrogens is 444 g/mol. The second-order valence-corrected chi connectivity index (χ2v) is 10.1. The molecule has 2 unspecified atom stereocenters. The lowest BCUT2D eigenvalue weighted by atomic mass is 9.89. The SMILES string of the molecule is CC1CCCN(C(=O)[C@H]2CC[C@@H](NC(=O)OCC3c4ccccc4-c4ccccc43)C2)C1C(=O)O. The first-order chi connectivity index (χ1) is 16.9. The van der Waals surface area contributed by atoms with Crippen LogP contribution in [-0.2, 0) is 14.3 Å². The molecule has 0 aromatic heterocycles. The highest BCUT2D eigenvalue weighted by Gasteiger charge is 2.41. The summed E-state index contributed by atoms with van der Waals surface area (Å²) in [6, 6.07) is 15.5. The predicted octanol–water partition coefficient (Wildman–Crippen LogP) is 4.41. The van der Waals surface area contributed by atoms with Gasteiger partial charge >= 0.3 is 12.1 Å². The van der Waals surface area contributed by atoms with E-state index in [4.69, 9.17) is 4.74 Å². The molecule has 2 aromatic carbocycles. The van der Waals surface area contributed by atoms with Crippen molar-refractivity contribution in [3.8, 4) is 11.1 Å². The minimum absolute atomic E-state index is 0.0000903. The molecule has 184 valence electrons. The van der Waals surface area contributed by atoms with Gasteiger partial charge < -0.3 is 20.1 Å². The van der Waals surface area contributed by atoms with E-state index in [2.05, 4.69) is 29.6 Å². The van der Waals surface area contributed by atoms with E-state index in [0.29, 0.717) is 25.8 Å². The Morgan fingerprint density at radius 1 is 1.00 bits per heavy atom. The molecule has 7 heteroatoms. The van der Waals surface area contributed by atoms with Crippen LogP contribution < -0.4 is 5.32 Å². The molecule has 1 saturated heterocycles. The maximum atomic E-state index is 13.1. The molecule has 1 saturated carbocycles. The van der Waals surface area contributed by atoms with Crippen LogP contribution >= 0.6 is 0 Å². The molecule has 4 atom stereocenters. The Morgan fingerprint density at radius 2 is 1.66 bits per heavy atom. The quantitative estimate of drug-likeness (QED) is 0.667. The van der Waals surface area contributed by atoms with Gasteiger partial charge in [0.2, 0.25) is 5.91 Å². The Hall–Kier alpha value is -3.35. The minimum atomic E-state index is -0.933. The summed E-state index contributed by atoms with van der Waals surface area (Å²) in [6.07, 6.45) is 3.01. The summed E-state index contributed by atoms with van der Waals surface area (Å²) in [5, 5.41) is 12.6. The number of fused-ring (bicyclic) bond motifs is 3. The molecule has 2 N–H and O–H groups in total. The number of hydrogen-bond donors (Lipinski definition) is 2. The number of benzene rings is 2. The lowest BCUT2D eigenvalue weighted by Gasteiger charge is -2.38. The number of amides is 2. The van der Waals surface area contributed by atoms with Crippen LogP contribution in [0, 0.1) is 11.8 Å². The number of rotatable bonds is 5. The molecule has 1 aliphatic heterocycles. The molecule has 3 aliphatic rings. The van der Waals surface area contributed by atoms with Crippen LogP contribution in [0.2, 0.25) is 0 Å². The fourth-order valence-electron chi connectivity index (χ4n) is 6.19. The van der Waals surface area contributed by atoms with E-state index < -0.39 is 18.1 Å². The lowest BCUT2D eigenvalue weighted by molar-refractivity contribution is -0.156. The van der Waals surface area contributed by atoms with Gasteiger partial charge in [0.1, 0.15) is 12.6 Å². The van der Waals surface area contributed by atoms with E-state index in [9.17, 15) is 19.5 Å². The van der Waals surface area contributed by atoms with Gasteiger partial charge in [0.05, 0.1) is 0 Å². The molecule has 0 bridgehead atoms. The van der Waals surface area contributed by atoms with Crippen LogP contribution in [0.1, 0.15) is 56.1 Å². The molecule has 2 aromatic rings. The van der Waals surface area contributed by atoms with E-state index in [1.165, 1.54) is 11.1 Å². The number of likely N-dealkylation sites (tertiary alicyclic amines) is 1. The number of piperidine rings is 1. The minimum Gasteiger partial charge on any atom is -0.480 e. The molecule has 1 heterocycles. The first-order valence-electron chi connectivity index (χ1n) is 12.6. The first kappa shape index (κ1) is 23.4. The molecule has 2 fully saturated rings. The fourth-order valence-corrected chi connectivity index (χ4v) is 6.19. The van der Waals surface area contributed by atoms with Crippen molar-refractivity contribution in [1.29, 1.82) is 0 Å². The Labute approximate surface area is 205 Å². The Balaban J connectivity index is 1.16. The molecule has 35 heavy (non-hydrogen) atoms. The number of hydrogen-bond acceptors (Lipinski definition) is 4. The highest BCUT2D eigenvalue weighted by molar-refractivity contribution is 5.86. The fraction of sp³-hybridized carbons (Fsp3) is 0.464. The number of carboxylic acids is 1. The summed E-state index contributed by atoms with van der Waals surface area (Å²) >= 11 is 0. The summed E-state index contributed by atoms with van der Waals surface area (Å²) in [5.41, 5.74) is 4.69. The summed E-state index contributed by atoms with van der Waals surface area (Å²) in [5.74, 6) is -1.35. The van der Waals surface area contributed by atoms with Crippen LogP contribution in [0.4, 0.5) is 4.79 Å². The number of ether oxygens (including phenoxy) is 1. The molecule has 0 radical (unpaired) electrons. The Bertz CT molecular complexity index is 1090. The molecule has 5 rings (SSSR count). The van der Waals surface area contributed by atoms with Crippen LogP contribution in [0.3, 0.4) is 0 Å². The predicted molar refractivity (Wildman–Crippen MR) is 131 cm³/mol. The van der Waals surface area contributed by atoms with Crippen molar-refractivity contribution in [3.63, 3.8) is 0 Å². The van der Waals surface area contributed by atoms with Crippen molar-refractivity contribution < 1.29 is 24.2 Å². The van der Waals surface area contributed by atoms with Gasteiger partial charge in [0.25, 0.3) is 0 Å². The second-order valence-electron chi connectivity index (χ2n) is 10.1. The average Bonchev–Trinajstić information content (AvgIpc) is 3.44. The number of nitrogens with one attached hydrogen (secondary N) is 1. The van der Waals surface area contributed by atoms with Crippen molar-refractivity contribution in [2.24, 2.45) is 11.8 Å². The molecule has 0 spiro atoms. The zero-order chi connectivity index (χ0) is 24.5. The van der Waals surface area contributed by atoms with Gasteiger partial charge in [-0.2, -0.15) is 0 Å². The second kappa shape index (κ2) is 9.72. The lowest BCUT2D eigenvalue weighted by Crippen LogP contribution is -2.53. The number of alkyl carbamates (subject to hydrolysis) is 1. The van der Waals surface area contributed by atoms with E-state index in [1.807, 2.05) is 31.2 Å². The van der Waals surface area contributed by atoms with Crippen molar-refractivity contribution >= 4 is 18.0 Å². The zero-order valence-electron chi connectivity index (χ0n) is 20.0. The maximum absolute atomic E-state index is 13.1. The topological polar surface area (TPSA) is 95.9 Å². The summed E-state index contributed by atoms with van der Waals surface area (Å²) in [7, 11) is 0. The Kier molecular flexibility index (Phi) is 6.50. The monoisotopic (exact) mass is 476 g/mol. The average molecular weight is 477 g/mol. The largest absolute Gasteiger partial charge is 0.480 e. The summed E-state index contributed by atoms with van der Waals surface area (Å²) in [4.78, 5) is 39.1. The van der Waals surface area contributed by atoms with Gasteiger partial charge in [0, 0.05) is 24.4 Å². The molecule has 2 aliphatic carbocycles. The summed E-state index contributed by atoms with van der Waals surface area (Å²) in [6.45, 7) is 2.64. The third kappa shape index (κ3) is 4.51. The van der Waals surface area contributed by atoms with E-state index >= 15 is 0 Å². The zero-order valence-corrected chi connectivity index (χ0v) is 20.0. The van der Waals surface area contributed by atoms with Crippen molar-refractivity contribution in [3.05, 3.63) is 59.7 Å². The molecular formula is C28H32N2O5. The van der Waals surface area contributed by atoms with E-state index in [-0.39, 0.29) is 36.3 Å². The van der Waals surface area contributed by atoms with Gasteiger partial charge in [-0.25, -0.2) is 9.59 Å². The number of aliphatic carboxylic acids is 1. The van der Waals surface area contributed by atoms with E-state index in [1.54, 1.807) is 4.90 Å². The van der Waals surface area contributed by atoms with Crippen molar-refractivity contribution in [2.75, 3.05) is 13.2 Å². The summed E-state index contributed by atoms with van der Waals surface area (Å²) < 4.78 is 5.65. The number of carboxylic acid groups (broad SMARTS) is 1. The standard InChI is InChI=1S/C28H32N2O5/c1-17-7-6-14-30(25(17)27(32)33)26(31)18-12-13-19(15-18)29-28(34)35-16-24-22-10-4-2-8-20(22)21-9-3-5-11-23(21)24/h2-5,8-11,17-19,24-25H,6-7,12-16H2,1H3,(H,29,34)(H,32,33)/t17?,18-,19+,25?/m0/s1. The van der Waals surface area contributed by atoms with Crippen LogP contribution in [0.25, 0.3) is 11.1 Å². The maximum Gasteiger partial charge on any atom is 0.407 e. The van der Waals surface area contributed by atoms with Crippen LogP contribution in [0.15, 0.2) is 48.5 Å². The number of carbonyl (C=O) groups is 3. The molecule has 2 amide bonds. The van der Waals surface area contributed by atoms with Crippen molar-refractivity contribution in [2.45, 2.75) is 57.0 Å². The van der Waals surface area contributed by atoms with Gasteiger partial charge in [-0.1, -0.05) is 55.5 Å². The van der Waals surface area contributed by atoms with Crippen LogP contribution in [-0.4, -0.2) is 53.2 Å². The first-order valence-corrected chi connectivity index (χ1v) is 12.6. The van der Waals surface area contributed by atoms with Gasteiger partial charge in [-0.15, -0.1) is 0 Å². The number of carbonyl (C=O) groups excluding carboxylic acids is 2. The third-order valence-electron chi connectivity index (χ3n) is 7.92. The van der Waals surface area contributed by atoms with Crippen LogP contribution in [0.5, 0.6) is 0 Å².